The molecule has 226 valence electrons. The maximum Gasteiger partial charge on any atom is 0.573 e. The molecule has 0 aliphatic carbocycles. The van der Waals surface area contributed by atoms with Gasteiger partial charge in [-0.2, -0.15) is 0 Å². The minimum absolute atomic E-state index is 0.0986. The summed E-state index contributed by atoms with van der Waals surface area (Å²) in [5, 5.41) is 7.07. The molecule has 8 nitrogen and oxygen atoms in total. The summed E-state index contributed by atoms with van der Waals surface area (Å²) in [6, 6.07) is 9.38. The number of urea groups is 1. The summed E-state index contributed by atoms with van der Waals surface area (Å²) in [6.07, 6.45) is -1.71. The molecule has 2 aromatic rings. The standard InChI is InChI=1S/C30H36F3N5O3S/c1-7-42(16-11-25-20(2)17-23(18-21(25)3)37(6)28(40)36(4)5)38-14-12-29(13-15-38)27(39)34-26(35-29)22-9-8-10-24(19-22)41-30(31,32)33/h7-11,16-19H,12-15H2,1-6H3,(H,34,35,39)/b16-11+. The normalized spacial score (nSPS) is 17.8. The van der Waals surface area contributed by atoms with Crippen LogP contribution in [0.25, 0.3) is 6.08 Å². The second-order valence-electron chi connectivity index (χ2n) is 10.6. The van der Waals surface area contributed by atoms with Crippen molar-refractivity contribution in [3.63, 3.8) is 0 Å². The van der Waals surface area contributed by atoms with Crippen molar-refractivity contribution >= 4 is 45.6 Å². The van der Waals surface area contributed by atoms with Gasteiger partial charge in [0.2, 0.25) is 0 Å². The number of aryl methyl sites for hydroxylation is 2. The number of rotatable bonds is 6. The number of alkyl halides is 3. The van der Waals surface area contributed by atoms with Gasteiger partial charge in [-0.25, -0.2) is 4.79 Å². The number of ether oxygens (including phenoxy) is 1. The highest BCUT2D eigenvalue weighted by Gasteiger charge is 2.46. The summed E-state index contributed by atoms with van der Waals surface area (Å²) in [5.41, 5.74) is 3.47. The predicted molar refractivity (Wildman–Crippen MR) is 163 cm³/mol. The average Bonchev–Trinajstić information content (AvgIpc) is 3.24. The molecule has 2 aliphatic heterocycles. The molecule has 1 atom stereocenters. The third kappa shape index (κ3) is 6.87. The molecule has 0 bridgehead atoms. The van der Waals surface area contributed by atoms with E-state index in [2.05, 4.69) is 36.2 Å². The van der Waals surface area contributed by atoms with Crippen LogP contribution in [0.4, 0.5) is 23.7 Å². The smallest absolute Gasteiger partial charge is 0.406 e. The molecule has 2 aliphatic rings. The number of halogens is 3. The number of nitrogens with one attached hydrogen (secondary N) is 1. The van der Waals surface area contributed by atoms with Crippen molar-refractivity contribution in [3.8, 4) is 5.75 Å². The number of piperidine rings is 1. The Labute approximate surface area is 246 Å². The van der Waals surface area contributed by atoms with E-state index in [9.17, 15) is 22.8 Å². The zero-order chi connectivity index (χ0) is 30.8. The lowest BCUT2D eigenvalue weighted by molar-refractivity contribution is -0.274. The van der Waals surface area contributed by atoms with Gasteiger partial charge in [0.1, 0.15) is 17.1 Å². The first-order chi connectivity index (χ1) is 19.7. The maximum atomic E-state index is 13.0. The van der Waals surface area contributed by atoms with E-state index in [1.807, 2.05) is 32.9 Å². The Balaban J connectivity index is 1.46. The first-order valence-electron chi connectivity index (χ1n) is 13.5. The van der Waals surface area contributed by atoms with Crippen molar-refractivity contribution in [2.45, 2.75) is 45.5 Å². The minimum Gasteiger partial charge on any atom is -0.406 e. The van der Waals surface area contributed by atoms with E-state index in [1.54, 1.807) is 32.1 Å². The molecule has 1 N–H and O–H groups in total. The largest absolute Gasteiger partial charge is 0.573 e. The Kier molecular flexibility index (Phi) is 9.17. The monoisotopic (exact) mass is 603 g/mol. The van der Waals surface area contributed by atoms with Crippen LogP contribution in [-0.4, -0.2) is 78.5 Å². The first kappa shape index (κ1) is 31.3. The van der Waals surface area contributed by atoms with Crippen molar-refractivity contribution in [1.82, 2.24) is 14.5 Å². The number of anilines is 1. The SMILES string of the molecule is C/C=S(/C=C/c1c(C)cc(N(C)C(=O)N(C)C)cc1C)N1CCC2(CC1)N=C(c1cccc(OC(F)(F)F)c1)NC2=O. The van der Waals surface area contributed by atoms with Gasteiger partial charge >= 0.3 is 12.4 Å². The maximum absolute atomic E-state index is 13.0. The fourth-order valence-electron chi connectivity index (χ4n) is 5.17. The van der Waals surface area contributed by atoms with Crippen LogP contribution in [0.1, 0.15) is 42.0 Å². The summed E-state index contributed by atoms with van der Waals surface area (Å²) in [6.45, 7) is 7.34. The Morgan fingerprint density at radius 3 is 2.33 bits per heavy atom. The van der Waals surface area contributed by atoms with Gasteiger partial charge in [0, 0.05) is 45.5 Å². The van der Waals surface area contributed by atoms with Crippen molar-refractivity contribution < 1.29 is 27.5 Å². The second kappa shape index (κ2) is 12.3. The van der Waals surface area contributed by atoms with Crippen LogP contribution in [0, 0.1) is 13.8 Å². The molecule has 0 radical (unpaired) electrons. The number of aliphatic imine (C=N–C) groups is 1. The highest BCUT2D eigenvalue weighted by molar-refractivity contribution is 8.15. The van der Waals surface area contributed by atoms with Crippen LogP contribution in [-0.2, 0) is 4.79 Å². The van der Waals surface area contributed by atoms with E-state index in [1.165, 1.54) is 23.1 Å². The van der Waals surface area contributed by atoms with Gasteiger partial charge in [0.15, 0.2) is 0 Å². The highest BCUT2D eigenvalue weighted by atomic mass is 32.2. The van der Waals surface area contributed by atoms with E-state index in [-0.39, 0.29) is 34.2 Å². The molecule has 2 aromatic carbocycles. The molecular weight excluding hydrogens is 567 g/mol. The summed E-state index contributed by atoms with van der Waals surface area (Å²) in [5.74, 6) is -0.343. The second-order valence-corrected chi connectivity index (χ2v) is 12.5. The van der Waals surface area contributed by atoms with Gasteiger partial charge in [-0.1, -0.05) is 22.8 Å². The van der Waals surface area contributed by atoms with Crippen LogP contribution in [0.15, 0.2) is 46.8 Å². The van der Waals surface area contributed by atoms with Crippen LogP contribution < -0.4 is 15.0 Å². The Morgan fingerprint density at radius 2 is 1.76 bits per heavy atom. The van der Waals surface area contributed by atoms with Crippen LogP contribution >= 0.6 is 10.7 Å². The molecule has 4 rings (SSSR count). The van der Waals surface area contributed by atoms with Crippen molar-refractivity contribution in [2.24, 2.45) is 4.99 Å². The van der Waals surface area contributed by atoms with Crippen LogP contribution in [0.3, 0.4) is 0 Å². The third-order valence-electron chi connectivity index (χ3n) is 7.42. The molecule has 1 fully saturated rings. The lowest BCUT2D eigenvalue weighted by Gasteiger charge is -2.36. The number of hydrogen-bond donors (Lipinski definition) is 1. The Bertz CT molecular complexity index is 1440. The third-order valence-corrected chi connectivity index (χ3v) is 9.28. The molecule has 1 spiro atoms. The number of hydrogen-bond acceptors (Lipinski definition) is 5. The fourth-order valence-corrected chi connectivity index (χ4v) is 6.68. The van der Waals surface area contributed by atoms with Gasteiger partial charge in [0.25, 0.3) is 5.91 Å². The quantitative estimate of drug-likeness (QED) is 0.430. The molecule has 1 saturated heterocycles. The van der Waals surface area contributed by atoms with E-state index >= 15 is 0 Å². The number of nitrogens with zero attached hydrogens (tertiary/aromatic N) is 4. The number of carbonyl (C=O) groups excluding carboxylic acids is 2. The van der Waals surface area contributed by atoms with Gasteiger partial charge in [0.05, 0.1) is 0 Å². The Hall–Kier alpha value is -3.64. The average molecular weight is 604 g/mol. The molecule has 0 saturated carbocycles. The number of carbonyl (C=O) groups is 2. The zero-order valence-electron chi connectivity index (χ0n) is 24.6. The number of amidine groups is 1. The molecule has 0 aromatic heterocycles. The highest BCUT2D eigenvalue weighted by Crippen LogP contribution is 2.36. The predicted octanol–water partition coefficient (Wildman–Crippen LogP) is 5.71. The van der Waals surface area contributed by atoms with E-state index < -0.39 is 11.9 Å². The number of benzene rings is 2. The van der Waals surface area contributed by atoms with E-state index in [0.717, 1.165) is 22.4 Å². The molecule has 2 heterocycles. The lowest BCUT2D eigenvalue weighted by Crippen LogP contribution is -2.47. The molecule has 1 unspecified atom stereocenters. The summed E-state index contributed by atoms with van der Waals surface area (Å²) in [4.78, 5) is 33.3. The van der Waals surface area contributed by atoms with Gasteiger partial charge in [-0.05, 0) is 91.4 Å². The molecule has 12 heteroatoms. The summed E-state index contributed by atoms with van der Waals surface area (Å²) in [7, 11) is 4.91. The Morgan fingerprint density at radius 1 is 1.12 bits per heavy atom. The van der Waals surface area contributed by atoms with Crippen LogP contribution in [0.2, 0.25) is 0 Å². The van der Waals surface area contributed by atoms with Gasteiger partial charge in [-0.3, -0.25) is 19.0 Å². The molecule has 42 heavy (non-hydrogen) atoms. The fraction of sp³-hybridized carbons (Fsp3) is 0.400. The van der Waals surface area contributed by atoms with E-state index in [0.29, 0.717) is 31.5 Å². The summed E-state index contributed by atoms with van der Waals surface area (Å²) >= 11 is 0. The molecular formula is C30H36F3N5O3S. The van der Waals surface area contributed by atoms with Crippen LogP contribution in [0.5, 0.6) is 5.75 Å². The number of amides is 3. The zero-order valence-corrected chi connectivity index (χ0v) is 25.4. The lowest BCUT2D eigenvalue weighted by atomic mass is 9.89. The molecule has 3 amide bonds. The summed E-state index contributed by atoms with van der Waals surface area (Å²) < 4.78 is 44.3. The van der Waals surface area contributed by atoms with Crippen molar-refractivity contribution in [3.05, 3.63) is 64.1 Å². The van der Waals surface area contributed by atoms with Crippen molar-refractivity contribution in [2.75, 3.05) is 39.1 Å². The van der Waals surface area contributed by atoms with Gasteiger partial charge < -0.3 is 15.0 Å². The van der Waals surface area contributed by atoms with Gasteiger partial charge in [-0.15, -0.1) is 13.2 Å². The minimum atomic E-state index is -4.81. The topological polar surface area (TPSA) is 77.5 Å². The first-order valence-corrected chi connectivity index (χ1v) is 14.8. The van der Waals surface area contributed by atoms with Crippen molar-refractivity contribution in [1.29, 1.82) is 0 Å². The van der Waals surface area contributed by atoms with E-state index in [4.69, 9.17) is 0 Å².